The molecule has 2 aromatic rings. The number of aliphatic hydroxyl groups is 1. The molecule has 2 aromatic carbocycles. The van der Waals surface area contributed by atoms with Crippen molar-refractivity contribution in [2.75, 3.05) is 46.5 Å². The molecule has 1 amide bonds. The molecule has 0 saturated carbocycles. The van der Waals surface area contributed by atoms with Crippen molar-refractivity contribution < 1.29 is 34.1 Å². The predicted octanol–water partition coefficient (Wildman–Crippen LogP) is 2.63. The van der Waals surface area contributed by atoms with Gasteiger partial charge in [-0.25, -0.2) is 4.79 Å². The van der Waals surface area contributed by atoms with E-state index in [0.717, 1.165) is 25.2 Å². The molecule has 9 heteroatoms. The molecule has 4 rings (SSSR count). The second-order valence-corrected chi connectivity index (χ2v) is 8.93. The molecule has 9 nitrogen and oxygen atoms in total. The van der Waals surface area contributed by atoms with Crippen molar-refractivity contribution in [3.63, 3.8) is 0 Å². The third-order valence-corrected chi connectivity index (χ3v) is 6.57. The molecule has 0 aromatic heterocycles. The summed E-state index contributed by atoms with van der Waals surface area (Å²) in [5, 5.41) is 21.6. The molecule has 0 bridgehead atoms. The Hall–Kier alpha value is -3.69. The van der Waals surface area contributed by atoms with Crippen LogP contribution in [0.3, 0.4) is 0 Å². The molecule has 1 atom stereocenters. The summed E-state index contributed by atoms with van der Waals surface area (Å²) in [7, 11) is 1.29. The quantitative estimate of drug-likeness (QED) is 0.261. The molecule has 190 valence electrons. The van der Waals surface area contributed by atoms with Crippen LogP contribution in [-0.4, -0.2) is 84.2 Å². The Balaban J connectivity index is 1.72. The summed E-state index contributed by atoms with van der Waals surface area (Å²) in [6, 6.07) is 10.2. The van der Waals surface area contributed by atoms with E-state index in [1.165, 1.54) is 18.1 Å². The number of esters is 1. The molecule has 2 N–H and O–H groups in total. The number of carbonyl (C=O) groups is 3. The van der Waals surface area contributed by atoms with Crippen molar-refractivity contribution in [1.82, 2.24) is 9.80 Å². The van der Waals surface area contributed by atoms with Gasteiger partial charge in [-0.05, 0) is 43.2 Å². The van der Waals surface area contributed by atoms with E-state index < -0.39 is 29.5 Å². The summed E-state index contributed by atoms with van der Waals surface area (Å²) in [5.41, 5.74) is 1.63. The Morgan fingerprint density at radius 2 is 1.78 bits per heavy atom. The minimum absolute atomic E-state index is 0.0810. The van der Waals surface area contributed by atoms with E-state index in [9.17, 15) is 24.6 Å². The van der Waals surface area contributed by atoms with Gasteiger partial charge < -0.3 is 24.6 Å². The summed E-state index contributed by atoms with van der Waals surface area (Å²) in [6.07, 6.45) is 0.625. The lowest BCUT2D eigenvalue weighted by molar-refractivity contribution is -0.140. The molecule has 0 radical (unpaired) electrons. The third kappa shape index (κ3) is 5.12. The molecule has 2 aliphatic heterocycles. The zero-order valence-corrected chi connectivity index (χ0v) is 20.4. The van der Waals surface area contributed by atoms with Crippen molar-refractivity contribution in [2.45, 2.75) is 19.4 Å². The highest BCUT2D eigenvalue weighted by molar-refractivity contribution is 6.46. The number of rotatable bonds is 7. The van der Waals surface area contributed by atoms with Gasteiger partial charge in [-0.3, -0.25) is 14.5 Å². The van der Waals surface area contributed by atoms with E-state index in [1.54, 1.807) is 43.3 Å². The highest BCUT2D eigenvalue weighted by Crippen LogP contribution is 2.41. The molecule has 2 fully saturated rings. The van der Waals surface area contributed by atoms with Gasteiger partial charge >= 0.3 is 5.97 Å². The number of ether oxygens (including phenoxy) is 2. The van der Waals surface area contributed by atoms with Crippen LogP contribution in [0.4, 0.5) is 0 Å². The van der Waals surface area contributed by atoms with Gasteiger partial charge in [0, 0.05) is 26.2 Å². The Labute approximate surface area is 209 Å². The monoisotopic (exact) mass is 494 g/mol. The fourth-order valence-electron chi connectivity index (χ4n) is 4.65. The maximum absolute atomic E-state index is 13.2. The molecule has 2 heterocycles. The van der Waals surface area contributed by atoms with Gasteiger partial charge in [0.2, 0.25) is 0 Å². The van der Waals surface area contributed by atoms with Gasteiger partial charge in [0.15, 0.2) is 0 Å². The van der Waals surface area contributed by atoms with Gasteiger partial charge in [0.25, 0.3) is 11.7 Å². The number of hydrogen-bond donors (Lipinski definition) is 2. The lowest BCUT2D eigenvalue weighted by Crippen LogP contribution is -2.39. The fraction of sp³-hybridized carbons (Fsp3) is 0.370. The van der Waals surface area contributed by atoms with Crippen molar-refractivity contribution in [3.05, 3.63) is 70.3 Å². The van der Waals surface area contributed by atoms with E-state index in [1.807, 2.05) is 0 Å². The van der Waals surface area contributed by atoms with Gasteiger partial charge in [0.1, 0.15) is 11.5 Å². The number of morpholine rings is 1. The number of ketones is 1. The van der Waals surface area contributed by atoms with Crippen LogP contribution in [0.15, 0.2) is 48.0 Å². The topological polar surface area (TPSA) is 117 Å². The predicted molar refractivity (Wildman–Crippen MR) is 132 cm³/mol. The zero-order chi connectivity index (χ0) is 25.8. The average molecular weight is 495 g/mol. The smallest absolute Gasteiger partial charge is 0.337 e. The Morgan fingerprint density at radius 1 is 1.08 bits per heavy atom. The number of benzene rings is 2. The van der Waals surface area contributed by atoms with Crippen LogP contribution in [0.25, 0.3) is 5.76 Å². The fourth-order valence-corrected chi connectivity index (χ4v) is 4.65. The largest absolute Gasteiger partial charge is 0.507 e. The second-order valence-electron chi connectivity index (χ2n) is 8.93. The Bertz CT molecular complexity index is 1180. The maximum Gasteiger partial charge on any atom is 0.337 e. The normalized spacial score (nSPS) is 20.1. The van der Waals surface area contributed by atoms with Crippen LogP contribution in [-0.2, 0) is 19.1 Å². The Kier molecular flexibility index (Phi) is 7.71. The van der Waals surface area contributed by atoms with E-state index in [4.69, 9.17) is 9.47 Å². The third-order valence-electron chi connectivity index (χ3n) is 6.57. The molecule has 2 saturated heterocycles. The highest BCUT2D eigenvalue weighted by Gasteiger charge is 2.46. The van der Waals surface area contributed by atoms with E-state index in [0.29, 0.717) is 37.3 Å². The first-order valence-electron chi connectivity index (χ1n) is 11.9. The lowest BCUT2D eigenvalue weighted by Gasteiger charge is -2.29. The second kappa shape index (κ2) is 10.9. The number of nitrogens with zero attached hydrogens (tertiary/aromatic N) is 2. The van der Waals surface area contributed by atoms with Crippen LogP contribution < -0.4 is 0 Å². The van der Waals surface area contributed by atoms with Crippen molar-refractivity contribution in [3.8, 4) is 5.75 Å². The average Bonchev–Trinajstić information content (AvgIpc) is 3.15. The minimum atomic E-state index is -0.874. The van der Waals surface area contributed by atoms with Crippen LogP contribution in [0, 0.1) is 6.92 Å². The summed E-state index contributed by atoms with van der Waals surface area (Å²) < 4.78 is 10.1. The molecule has 1 unspecified atom stereocenters. The molecule has 0 spiro atoms. The molecule has 2 aliphatic rings. The lowest BCUT2D eigenvalue weighted by atomic mass is 9.94. The van der Waals surface area contributed by atoms with Crippen LogP contribution in [0.5, 0.6) is 5.75 Å². The van der Waals surface area contributed by atoms with Crippen molar-refractivity contribution >= 4 is 23.4 Å². The molecular weight excluding hydrogens is 464 g/mol. The van der Waals surface area contributed by atoms with Crippen molar-refractivity contribution in [2.24, 2.45) is 0 Å². The number of phenolic OH excluding ortho intramolecular Hbond substituents is 1. The summed E-state index contributed by atoms with van der Waals surface area (Å²) >= 11 is 0. The van der Waals surface area contributed by atoms with Crippen LogP contribution in [0.1, 0.15) is 39.5 Å². The first-order chi connectivity index (χ1) is 17.3. The van der Waals surface area contributed by atoms with E-state index in [2.05, 4.69) is 4.90 Å². The number of Topliss-reactive ketones (excluding diaryl/α,β-unsaturated/α-hetero) is 1. The van der Waals surface area contributed by atoms with Gasteiger partial charge in [-0.15, -0.1) is 0 Å². The van der Waals surface area contributed by atoms with Crippen LogP contribution >= 0.6 is 0 Å². The number of phenols is 1. The van der Waals surface area contributed by atoms with Crippen LogP contribution in [0.2, 0.25) is 0 Å². The zero-order valence-electron chi connectivity index (χ0n) is 20.4. The number of likely N-dealkylation sites (tertiary alicyclic amines) is 1. The van der Waals surface area contributed by atoms with E-state index in [-0.39, 0.29) is 16.9 Å². The molecular formula is C27H30N2O7. The summed E-state index contributed by atoms with van der Waals surface area (Å²) in [5.74, 6) is -2.68. The number of aliphatic hydroxyl groups excluding tert-OH is 1. The van der Waals surface area contributed by atoms with Gasteiger partial charge in [-0.1, -0.05) is 23.8 Å². The van der Waals surface area contributed by atoms with Gasteiger partial charge in [0.05, 0.1) is 43.1 Å². The summed E-state index contributed by atoms with van der Waals surface area (Å²) in [6.45, 7) is 5.77. The Morgan fingerprint density at radius 3 is 2.44 bits per heavy atom. The molecule has 0 aliphatic carbocycles. The standard InChI is InChI=1S/C27H30N2O7/c1-17-4-9-21(30)20(16-17)24(31)22-23(18-5-7-19(8-6-18)27(34)35-2)29(26(33)25(22)32)11-3-10-28-12-14-36-15-13-28/h4-9,16,23,30-31H,3,10-15H2,1-2H3/b24-22+. The van der Waals surface area contributed by atoms with Crippen molar-refractivity contribution in [1.29, 1.82) is 0 Å². The molecule has 36 heavy (non-hydrogen) atoms. The number of amides is 1. The number of aryl methyl sites for hydroxylation is 1. The highest BCUT2D eigenvalue weighted by atomic mass is 16.5. The summed E-state index contributed by atoms with van der Waals surface area (Å²) in [4.78, 5) is 42.0. The number of aromatic hydroxyl groups is 1. The first-order valence-corrected chi connectivity index (χ1v) is 11.9. The number of methoxy groups -OCH3 is 1. The minimum Gasteiger partial charge on any atom is -0.507 e. The van der Waals surface area contributed by atoms with E-state index >= 15 is 0 Å². The number of hydrogen-bond acceptors (Lipinski definition) is 8. The maximum atomic E-state index is 13.2. The number of carbonyl (C=O) groups excluding carboxylic acids is 3. The SMILES string of the molecule is COC(=O)c1ccc(C2/C(=C(\O)c3cc(C)ccc3O)C(=O)C(=O)N2CCCN2CCOCC2)cc1. The first kappa shape index (κ1) is 25.4. The van der Waals surface area contributed by atoms with Gasteiger partial charge in [-0.2, -0.15) is 0 Å².